The molecule has 2 aromatic heterocycles. The van der Waals surface area contributed by atoms with Gasteiger partial charge in [0.15, 0.2) is 5.16 Å². The second kappa shape index (κ2) is 7.76. The van der Waals surface area contributed by atoms with E-state index in [-0.39, 0.29) is 22.2 Å². The Morgan fingerprint density at radius 3 is 2.85 bits per heavy atom. The van der Waals surface area contributed by atoms with E-state index in [2.05, 4.69) is 20.3 Å². The summed E-state index contributed by atoms with van der Waals surface area (Å²) in [6.07, 6.45) is 0. The van der Waals surface area contributed by atoms with E-state index in [0.717, 1.165) is 5.69 Å². The molecule has 2 N–H and O–H groups in total. The van der Waals surface area contributed by atoms with E-state index in [1.807, 2.05) is 19.1 Å². The number of thioether (sulfide) groups is 1. The summed E-state index contributed by atoms with van der Waals surface area (Å²) in [6, 6.07) is 8.57. The number of rotatable bonds is 5. The lowest BCUT2D eigenvalue weighted by Gasteiger charge is -2.03. The summed E-state index contributed by atoms with van der Waals surface area (Å²) in [5, 5.41) is 3.55. The van der Waals surface area contributed by atoms with E-state index in [1.165, 1.54) is 18.9 Å². The third-order valence-electron chi connectivity index (χ3n) is 3.45. The van der Waals surface area contributed by atoms with Crippen LogP contribution in [0.1, 0.15) is 16.1 Å². The van der Waals surface area contributed by atoms with Crippen molar-refractivity contribution in [2.24, 2.45) is 0 Å². The van der Waals surface area contributed by atoms with Crippen LogP contribution in [0.4, 0.5) is 5.82 Å². The maximum atomic E-state index is 12.1. The Kier molecular flexibility index (Phi) is 5.43. The molecule has 0 spiro atoms. The molecule has 1 aromatic carbocycles. The second-order valence-electron chi connectivity index (χ2n) is 5.38. The summed E-state index contributed by atoms with van der Waals surface area (Å²) < 4.78 is 4.69. The molecular formula is C17H15ClN4O3S. The number of esters is 1. The molecule has 26 heavy (non-hydrogen) atoms. The number of aryl methyl sites for hydroxylation is 1. The Morgan fingerprint density at radius 1 is 1.31 bits per heavy atom. The quantitative estimate of drug-likeness (QED) is 0.511. The number of nitrogens with zero attached hydrogens (tertiary/aromatic N) is 2. The van der Waals surface area contributed by atoms with Gasteiger partial charge in [0.25, 0.3) is 0 Å². The highest BCUT2D eigenvalue weighted by Crippen LogP contribution is 2.26. The number of aromatic nitrogens is 3. The predicted molar refractivity (Wildman–Crippen MR) is 101 cm³/mol. The number of carbonyl (C=O) groups is 2. The number of ether oxygens (including phenoxy) is 1. The van der Waals surface area contributed by atoms with Crippen LogP contribution in [-0.4, -0.2) is 39.7 Å². The van der Waals surface area contributed by atoms with Crippen LogP contribution in [0.25, 0.3) is 11.0 Å². The van der Waals surface area contributed by atoms with Gasteiger partial charge < -0.3 is 15.0 Å². The number of hydrogen-bond acceptors (Lipinski definition) is 6. The van der Waals surface area contributed by atoms with Crippen molar-refractivity contribution in [1.29, 1.82) is 0 Å². The molecule has 0 bridgehead atoms. The summed E-state index contributed by atoms with van der Waals surface area (Å²) >= 11 is 7.33. The minimum absolute atomic E-state index is 0.160. The molecular weight excluding hydrogens is 376 g/mol. The second-order valence-corrected chi connectivity index (χ2v) is 6.76. The number of hydrogen-bond donors (Lipinski definition) is 2. The van der Waals surface area contributed by atoms with Crippen molar-refractivity contribution in [3.8, 4) is 0 Å². The highest BCUT2D eigenvalue weighted by Gasteiger charge is 2.15. The molecule has 0 aliphatic carbocycles. The Morgan fingerprint density at radius 2 is 2.12 bits per heavy atom. The lowest BCUT2D eigenvalue weighted by Crippen LogP contribution is -2.15. The normalized spacial score (nSPS) is 10.7. The monoisotopic (exact) mass is 390 g/mol. The van der Waals surface area contributed by atoms with Crippen LogP contribution >= 0.6 is 23.4 Å². The van der Waals surface area contributed by atoms with Gasteiger partial charge >= 0.3 is 5.97 Å². The van der Waals surface area contributed by atoms with Crippen LogP contribution in [0.2, 0.25) is 5.02 Å². The average molecular weight is 391 g/mol. The summed E-state index contributed by atoms with van der Waals surface area (Å²) in [5.41, 5.74) is 2.31. The Hall–Kier alpha value is -2.58. The van der Waals surface area contributed by atoms with Gasteiger partial charge in [0.1, 0.15) is 5.82 Å². The first-order valence-electron chi connectivity index (χ1n) is 7.60. The van der Waals surface area contributed by atoms with Crippen LogP contribution in [-0.2, 0) is 9.53 Å². The van der Waals surface area contributed by atoms with Crippen LogP contribution in [0, 0.1) is 6.92 Å². The summed E-state index contributed by atoms with van der Waals surface area (Å²) in [6.45, 7) is 1.85. The highest BCUT2D eigenvalue weighted by molar-refractivity contribution is 7.99. The van der Waals surface area contributed by atoms with E-state index in [0.29, 0.717) is 22.0 Å². The average Bonchev–Trinajstić information content (AvgIpc) is 3.00. The summed E-state index contributed by atoms with van der Waals surface area (Å²) in [4.78, 5) is 35.4. The number of anilines is 1. The van der Waals surface area contributed by atoms with Crippen molar-refractivity contribution in [3.63, 3.8) is 0 Å². The van der Waals surface area contributed by atoms with Gasteiger partial charge in [-0.05, 0) is 31.2 Å². The van der Waals surface area contributed by atoms with Gasteiger partial charge in [-0.3, -0.25) is 4.79 Å². The number of amides is 1. The molecule has 0 saturated heterocycles. The molecule has 2 heterocycles. The lowest BCUT2D eigenvalue weighted by molar-refractivity contribution is -0.113. The fourth-order valence-corrected chi connectivity index (χ4v) is 3.19. The number of benzene rings is 1. The molecule has 0 radical (unpaired) electrons. The molecule has 9 heteroatoms. The van der Waals surface area contributed by atoms with Crippen LogP contribution in [0.5, 0.6) is 0 Å². The van der Waals surface area contributed by atoms with Crippen molar-refractivity contribution in [2.75, 3.05) is 18.2 Å². The number of H-pyrrole nitrogens is 1. The number of aromatic amines is 1. The van der Waals surface area contributed by atoms with Gasteiger partial charge in [-0.1, -0.05) is 29.4 Å². The van der Waals surface area contributed by atoms with Crippen molar-refractivity contribution in [3.05, 3.63) is 46.6 Å². The minimum atomic E-state index is -0.529. The molecule has 7 nitrogen and oxygen atoms in total. The standard InChI is InChI=1S/C17H15ClN4O3S/c1-9-4-3-5-14(19-9)22-15(23)8-26-17-20-12-6-10(16(24)25-2)11(18)7-13(12)21-17/h3-7H,8H2,1-2H3,(H,20,21)(H,19,22,23). The SMILES string of the molecule is COC(=O)c1cc2nc(SCC(=O)Nc3cccc(C)n3)[nH]c2cc1Cl. The van der Waals surface area contributed by atoms with Crippen molar-refractivity contribution in [2.45, 2.75) is 12.1 Å². The lowest BCUT2D eigenvalue weighted by atomic mass is 10.2. The van der Waals surface area contributed by atoms with Gasteiger partial charge in [0, 0.05) is 5.69 Å². The zero-order chi connectivity index (χ0) is 18.7. The molecule has 3 aromatic rings. The molecule has 1 amide bonds. The van der Waals surface area contributed by atoms with Crippen molar-refractivity contribution < 1.29 is 14.3 Å². The number of halogens is 1. The van der Waals surface area contributed by atoms with Crippen molar-refractivity contribution >= 4 is 52.1 Å². The van der Waals surface area contributed by atoms with Crippen LogP contribution < -0.4 is 5.32 Å². The molecule has 0 fully saturated rings. The number of fused-ring (bicyclic) bond motifs is 1. The Labute approximate surface area is 158 Å². The van der Waals surface area contributed by atoms with Gasteiger partial charge in [-0.25, -0.2) is 14.8 Å². The molecule has 0 atom stereocenters. The van der Waals surface area contributed by atoms with Crippen molar-refractivity contribution in [1.82, 2.24) is 15.0 Å². The molecule has 0 saturated carbocycles. The summed E-state index contributed by atoms with van der Waals surface area (Å²) in [5.74, 6) is -0.0526. The number of carbonyl (C=O) groups excluding carboxylic acids is 2. The predicted octanol–water partition coefficient (Wildman–Crippen LogP) is 3.44. The third-order valence-corrected chi connectivity index (χ3v) is 4.64. The zero-order valence-electron chi connectivity index (χ0n) is 14.0. The first kappa shape index (κ1) is 18.2. The third kappa shape index (κ3) is 4.14. The van der Waals surface area contributed by atoms with Gasteiger partial charge in [0.05, 0.1) is 34.5 Å². The van der Waals surface area contributed by atoms with E-state index in [1.54, 1.807) is 18.2 Å². The largest absolute Gasteiger partial charge is 0.465 e. The fraction of sp³-hybridized carbons (Fsp3) is 0.176. The van der Waals surface area contributed by atoms with E-state index in [9.17, 15) is 9.59 Å². The number of pyridine rings is 1. The Balaban J connectivity index is 1.69. The molecule has 3 rings (SSSR count). The maximum absolute atomic E-state index is 12.1. The first-order valence-corrected chi connectivity index (χ1v) is 8.96. The smallest absolute Gasteiger partial charge is 0.339 e. The number of methoxy groups -OCH3 is 1. The van der Waals surface area contributed by atoms with E-state index < -0.39 is 5.97 Å². The Bertz CT molecular complexity index is 989. The van der Waals surface area contributed by atoms with Crippen LogP contribution in [0.15, 0.2) is 35.5 Å². The molecule has 0 aliphatic heterocycles. The summed E-state index contributed by atoms with van der Waals surface area (Å²) in [7, 11) is 1.29. The van der Waals surface area contributed by atoms with E-state index >= 15 is 0 Å². The number of nitrogens with one attached hydrogen (secondary N) is 2. The van der Waals surface area contributed by atoms with Crippen LogP contribution in [0.3, 0.4) is 0 Å². The van der Waals surface area contributed by atoms with E-state index in [4.69, 9.17) is 16.3 Å². The van der Waals surface area contributed by atoms with Gasteiger partial charge in [-0.2, -0.15) is 0 Å². The fourth-order valence-electron chi connectivity index (χ4n) is 2.27. The first-order chi connectivity index (χ1) is 12.5. The number of imidazole rings is 1. The topological polar surface area (TPSA) is 97.0 Å². The molecule has 0 aliphatic rings. The maximum Gasteiger partial charge on any atom is 0.339 e. The molecule has 0 unspecified atom stereocenters. The highest BCUT2D eigenvalue weighted by atomic mass is 35.5. The zero-order valence-corrected chi connectivity index (χ0v) is 15.6. The van der Waals surface area contributed by atoms with Gasteiger partial charge in [-0.15, -0.1) is 0 Å². The molecule has 134 valence electrons. The van der Waals surface area contributed by atoms with Gasteiger partial charge in [0.2, 0.25) is 5.91 Å². The minimum Gasteiger partial charge on any atom is -0.465 e.